The van der Waals surface area contributed by atoms with Crippen LogP contribution in [0.1, 0.15) is 23.7 Å². The zero-order valence-electron chi connectivity index (χ0n) is 17.0. The molecule has 0 radical (unpaired) electrons. The molecule has 1 unspecified atom stereocenters. The van der Waals surface area contributed by atoms with Crippen molar-refractivity contribution in [3.05, 3.63) is 101 Å². The van der Waals surface area contributed by atoms with Crippen molar-refractivity contribution in [2.45, 2.75) is 18.9 Å². The van der Waals surface area contributed by atoms with Gasteiger partial charge in [0, 0.05) is 35.6 Å². The van der Waals surface area contributed by atoms with Crippen molar-refractivity contribution in [1.29, 1.82) is 0 Å². The highest BCUT2D eigenvalue weighted by Gasteiger charge is 2.34. The number of para-hydroxylation sites is 2. The van der Waals surface area contributed by atoms with E-state index in [9.17, 15) is 4.79 Å². The zero-order valence-corrected chi connectivity index (χ0v) is 18.6. The van der Waals surface area contributed by atoms with Crippen LogP contribution in [0.25, 0.3) is 17.1 Å². The molecule has 1 aliphatic heterocycles. The van der Waals surface area contributed by atoms with Gasteiger partial charge in [-0.05, 0) is 35.9 Å². The van der Waals surface area contributed by atoms with Gasteiger partial charge in [-0.1, -0.05) is 76.6 Å². The lowest BCUT2D eigenvalue weighted by Gasteiger charge is -2.17. The van der Waals surface area contributed by atoms with Gasteiger partial charge in [-0.3, -0.25) is 4.79 Å². The fourth-order valence-corrected chi connectivity index (χ4v) is 4.62. The molecule has 4 nitrogen and oxygen atoms in total. The zero-order chi connectivity index (χ0) is 21.2. The number of aromatic nitrogens is 2. The van der Waals surface area contributed by atoms with E-state index in [2.05, 4.69) is 50.8 Å². The minimum absolute atomic E-state index is 0.0593. The first kappa shape index (κ1) is 19.8. The smallest absolute Gasteiger partial charge is 0.227 e. The second-order valence-corrected chi connectivity index (χ2v) is 8.68. The molecule has 0 saturated carbocycles. The highest BCUT2D eigenvalue weighted by molar-refractivity contribution is 9.10. The van der Waals surface area contributed by atoms with Crippen molar-refractivity contribution in [3.8, 4) is 0 Å². The molecule has 4 aromatic rings. The average Bonchev–Trinajstić information content (AvgIpc) is 3.35. The monoisotopic (exact) mass is 471 g/mol. The summed E-state index contributed by atoms with van der Waals surface area (Å²) < 4.78 is 3.22. The van der Waals surface area contributed by atoms with Gasteiger partial charge in [-0.15, -0.1) is 0 Å². The molecule has 1 fully saturated rings. The van der Waals surface area contributed by atoms with E-state index in [-0.39, 0.29) is 11.8 Å². The summed E-state index contributed by atoms with van der Waals surface area (Å²) in [4.78, 5) is 19.7. The van der Waals surface area contributed by atoms with Gasteiger partial charge in [-0.2, -0.15) is 0 Å². The number of carbonyl (C=O) groups is 1. The van der Waals surface area contributed by atoms with E-state index in [4.69, 9.17) is 4.98 Å². The van der Waals surface area contributed by atoms with Crippen molar-refractivity contribution in [2.75, 3.05) is 11.4 Å². The average molecular weight is 472 g/mol. The third-order valence-electron chi connectivity index (χ3n) is 5.69. The van der Waals surface area contributed by atoms with Gasteiger partial charge in [0.05, 0.1) is 11.0 Å². The van der Waals surface area contributed by atoms with E-state index in [0.717, 1.165) is 27.0 Å². The molecule has 0 bridgehead atoms. The van der Waals surface area contributed by atoms with Crippen LogP contribution in [0.4, 0.5) is 5.69 Å². The molecular formula is C26H22BrN3O. The lowest BCUT2D eigenvalue weighted by Crippen LogP contribution is -2.24. The molecule has 3 aromatic carbocycles. The number of halogens is 1. The number of carbonyl (C=O) groups excluding carboxylic acids is 1. The Morgan fingerprint density at radius 2 is 1.81 bits per heavy atom. The number of fused-ring (bicyclic) bond motifs is 1. The summed E-state index contributed by atoms with van der Waals surface area (Å²) in [5.74, 6) is 1.18. The van der Waals surface area contributed by atoms with Gasteiger partial charge in [0.15, 0.2) is 0 Å². The number of anilines is 1. The maximum atomic E-state index is 12.9. The van der Waals surface area contributed by atoms with Crippen LogP contribution >= 0.6 is 15.9 Å². The summed E-state index contributed by atoms with van der Waals surface area (Å²) in [5, 5.41) is 0. The molecule has 31 heavy (non-hydrogen) atoms. The van der Waals surface area contributed by atoms with E-state index in [1.807, 2.05) is 65.6 Å². The lowest BCUT2D eigenvalue weighted by molar-refractivity contribution is -0.117. The van der Waals surface area contributed by atoms with Crippen molar-refractivity contribution in [1.82, 2.24) is 9.55 Å². The van der Waals surface area contributed by atoms with Gasteiger partial charge in [0.1, 0.15) is 5.82 Å². The number of allylic oxidation sites excluding steroid dienone is 1. The Morgan fingerprint density at radius 1 is 1.00 bits per heavy atom. The summed E-state index contributed by atoms with van der Waals surface area (Å²) in [6.07, 6.45) is 4.76. The van der Waals surface area contributed by atoms with Crippen LogP contribution < -0.4 is 4.90 Å². The van der Waals surface area contributed by atoms with Crippen LogP contribution in [-0.2, 0) is 11.3 Å². The fraction of sp³-hybridized carbons (Fsp3) is 0.154. The van der Waals surface area contributed by atoms with Gasteiger partial charge < -0.3 is 9.47 Å². The first-order valence-corrected chi connectivity index (χ1v) is 11.2. The Labute approximate surface area is 190 Å². The number of hydrogen-bond donors (Lipinski definition) is 0. The van der Waals surface area contributed by atoms with Crippen molar-refractivity contribution >= 4 is 44.6 Å². The standard InChI is InChI=1S/C26H22BrN3O/c27-21-11-6-12-22(17-21)30-18-20(16-25(30)31)26-28-23-13-4-5-14-24(23)29(26)15-7-10-19-8-2-1-3-9-19/h1-14,17,20H,15-16,18H2/b10-7+. The van der Waals surface area contributed by atoms with E-state index in [0.29, 0.717) is 19.5 Å². The van der Waals surface area contributed by atoms with E-state index in [1.54, 1.807) is 0 Å². The van der Waals surface area contributed by atoms with E-state index >= 15 is 0 Å². The molecule has 154 valence electrons. The Morgan fingerprint density at radius 3 is 2.65 bits per heavy atom. The summed E-state index contributed by atoms with van der Waals surface area (Å²) in [6, 6.07) is 26.4. The molecule has 1 atom stereocenters. The van der Waals surface area contributed by atoms with Gasteiger partial charge in [0.2, 0.25) is 5.91 Å². The van der Waals surface area contributed by atoms with E-state index in [1.165, 1.54) is 5.56 Å². The summed E-state index contributed by atoms with van der Waals surface area (Å²) >= 11 is 3.51. The minimum atomic E-state index is 0.0593. The topological polar surface area (TPSA) is 38.1 Å². The Kier molecular flexibility index (Phi) is 5.43. The SMILES string of the molecule is O=C1CC(c2nc3ccccc3n2C/C=C/c2ccccc2)CN1c1cccc(Br)c1. The molecular weight excluding hydrogens is 450 g/mol. The Bertz CT molecular complexity index is 1260. The van der Waals surface area contributed by atoms with E-state index < -0.39 is 0 Å². The molecule has 5 rings (SSSR count). The number of imidazole rings is 1. The van der Waals surface area contributed by atoms with Crippen LogP contribution in [0.15, 0.2) is 89.4 Å². The van der Waals surface area contributed by atoms with Crippen LogP contribution in [-0.4, -0.2) is 22.0 Å². The maximum Gasteiger partial charge on any atom is 0.227 e. The molecule has 2 heterocycles. The predicted octanol–water partition coefficient (Wildman–Crippen LogP) is 6.03. The van der Waals surface area contributed by atoms with Crippen LogP contribution in [0.2, 0.25) is 0 Å². The lowest BCUT2D eigenvalue weighted by atomic mass is 10.1. The van der Waals surface area contributed by atoms with Crippen molar-refractivity contribution in [3.63, 3.8) is 0 Å². The summed E-state index contributed by atoms with van der Waals surface area (Å²) in [5.41, 5.74) is 4.17. The van der Waals surface area contributed by atoms with Gasteiger partial charge >= 0.3 is 0 Å². The number of nitrogens with zero attached hydrogens (tertiary/aromatic N) is 3. The predicted molar refractivity (Wildman–Crippen MR) is 129 cm³/mol. The third kappa shape index (κ3) is 4.06. The van der Waals surface area contributed by atoms with Crippen LogP contribution in [0, 0.1) is 0 Å². The molecule has 1 amide bonds. The normalized spacial score (nSPS) is 16.6. The van der Waals surface area contributed by atoms with Gasteiger partial charge in [-0.25, -0.2) is 4.98 Å². The second-order valence-electron chi connectivity index (χ2n) is 7.77. The first-order valence-electron chi connectivity index (χ1n) is 10.4. The maximum absolute atomic E-state index is 12.9. The number of hydrogen-bond acceptors (Lipinski definition) is 2. The van der Waals surface area contributed by atoms with Crippen LogP contribution in [0.5, 0.6) is 0 Å². The number of amides is 1. The first-order chi connectivity index (χ1) is 15.2. The minimum Gasteiger partial charge on any atom is -0.324 e. The largest absolute Gasteiger partial charge is 0.324 e. The molecule has 0 spiro atoms. The summed E-state index contributed by atoms with van der Waals surface area (Å²) in [7, 11) is 0. The van der Waals surface area contributed by atoms with Gasteiger partial charge in [0.25, 0.3) is 0 Å². The summed E-state index contributed by atoms with van der Waals surface area (Å²) in [6.45, 7) is 1.35. The molecule has 0 aliphatic carbocycles. The number of rotatable bonds is 5. The Hall–Kier alpha value is -3.18. The molecule has 1 aliphatic rings. The third-order valence-corrected chi connectivity index (χ3v) is 6.19. The number of benzene rings is 3. The fourth-order valence-electron chi connectivity index (χ4n) is 4.23. The molecule has 1 aromatic heterocycles. The molecule has 0 N–H and O–H groups in total. The highest BCUT2D eigenvalue weighted by atomic mass is 79.9. The quantitative estimate of drug-likeness (QED) is 0.356. The molecule has 5 heteroatoms. The van der Waals surface area contributed by atoms with Crippen LogP contribution in [0.3, 0.4) is 0 Å². The van der Waals surface area contributed by atoms with Crippen molar-refractivity contribution < 1.29 is 4.79 Å². The Balaban J connectivity index is 1.46. The second kappa shape index (κ2) is 8.52. The van der Waals surface area contributed by atoms with Crippen molar-refractivity contribution in [2.24, 2.45) is 0 Å². The highest BCUT2D eigenvalue weighted by Crippen LogP contribution is 2.34. The molecule has 1 saturated heterocycles.